The lowest BCUT2D eigenvalue weighted by Gasteiger charge is -2.04. The van der Waals surface area contributed by atoms with Crippen molar-refractivity contribution in [1.29, 1.82) is 0 Å². The Kier molecular flexibility index (Phi) is 3.75. The molecule has 0 aliphatic carbocycles. The van der Waals surface area contributed by atoms with E-state index in [1.807, 2.05) is 0 Å². The Bertz CT molecular complexity index is 410. The molecule has 1 atom stereocenters. The van der Waals surface area contributed by atoms with Gasteiger partial charge in [0.25, 0.3) is 0 Å². The SMILES string of the molecule is NC(=O)Oc1ccc(F)c(CS(=O)O)c1. The molecule has 0 bridgehead atoms. The number of benzene rings is 1. The van der Waals surface area contributed by atoms with Gasteiger partial charge in [-0.25, -0.2) is 13.4 Å². The number of hydrogen-bond acceptors (Lipinski definition) is 3. The minimum Gasteiger partial charge on any atom is -0.410 e. The van der Waals surface area contributed by atoms with Crippen molar-refractivity contribution >= 4 is 17.2 Å². The minimum atomic E-state index is -2.16. The Morgan fingerprint density at radius 1 is 1.60 bits per heavy atom. The van der Waals surface area contributed by atoms with E-state index >= 15 is 0 Å². The third-order valence-corrected chi connectivity index (χ3v) is 2.07. The molecule has 82 valence electrons. The van der Waals surface area contributed by atoms with Crippen LogP contribution in [-0.4, -0.2) is 14.9 Å². The van der Waals surface area contributed by atoms with E-state index in [2.05, 4.69) is 4.74 Å². The molecule has 1 aromatic rings. The first-order chi connectivity index (χ1) is 6.99. The van der Waals surface area contributed by atoms with Gasteiger partial charge in [0.2, 0.25) is 0 Å². The summed E-state index contributed by atoms with van der Waals surface area (Å²) in [4.78, 5) is 10.4. The van der Waals surface area contributed by atoms with Crippen molar-refractivity contribution in [3.63, 3.8) is 0 Å². The second-order valence-corrected chi connectivity index (χ2v) is 3.57. The number of amides is 1. The Morgan fingerprint density at radius 3 is 2.80 bits per heavy atom. The number of nitrogens with two attached hydrogens (primary N) is 1. The summed E-state index contributed by atoms with van der Waals surface area (Å²) in [6.07, 6.45) is -1.03. The fourth-order valence-corrected chi connectivity index (χ4v) is 1.46. The molecule has 0 fully saturated rings. The van der Waals surface area contributed by atoms with Gasteiger partial charge in [-0.3, -0.25) is 0 Å². The number of primary amides is 1. The second-order valence-electron chi connectivity index (χ2n) is 2.64. The highest BCUT2D eigenvalue weighted by Gasteiger charge is 2.08. The molecule has 1 aromatic carbocycles. The van der Waals surface area contributed by atoms with Crippen molar-refractivity contribution in [2.75, 3.05) is 0 Å². The van der Waals surface area contributed by atoms with E-state index in [1.165, 1.54) is 6.07 Å². The highest BCUT2D eigenvalue weighted by molar-refractivity contribution is 7.78. The molecule has 0 spiro atoms. The summed E-state index contributed by atoms with van der Waals surface area (Å²) in [6.45, 7) is 0. The van der Waals surface area contributed by atoms with E-state index in [0.717, 1.165) is 12.1 Å². The van der Waals surface area contributed by atoms with Crippen LogP contribution in [0.5, 0.6) is 5.75 Å². The number of carbonyl (C=O) groups excluding carboxylic acids is 1. The van der Waals surface area contributed by atoms with Gasteiger partial charge in [0.15, 0.2) is 11.1 Å². The predicted octanol–water partition coefficient (Wildman–Crippen LogP) is 1.00. The zero-order chi connectivity index (χ0) is 11.4. The molecule has 15 heavy (non-hydrogen) atoms. The molecule has 0 saturated heterocycles. The fraction of sp³-hybridized carbons (Fsp3) is 0.125. The molecule has 1 rings (SSSR count). The summed E-state index contributed by atoms with van der Waals surface area (Å²) < 4.78 is 36.6. The van der Waals surface area contributed by atoms with Crippen LogP contribution in [-0.2, 0) is 16.8 Å². The predicted molar refractivity (Wildman–Crippen MR) is 51.1 cm³/mol. The number of ether oxygens (including phenoxy) is 1. The van der Waals surface area contributed by atoms with Crippen LogP contribution in [0.25, 0.3) is 0 Å². The van der Waals surface area contributed by atoms with Crippen LogP contribution < -0.4 is 10.5 Å². The van der Waals surface area contributed by atoms with E-state index in [1.54, 1.807) is 0 Å². The quantitative estimate of drug-likeness (QED) is 0.762. The van der Waals surface area contributed by atoms with Gasteiger partial charge in [-0.1, -0.05) is 0 Å². The lowest BCUT2D eigenvalue weighted by Crippen LogP contribution is -2.16. The van der Waals surface area contributed by atoms with Crippen LogP contribution >= 0.6 is 0 Å². The number of hydrogen-bond donors (Lipinski definition) is 2. The lowest BCUT2D eigenvalue weighted by molar-refractivity contribution is 0.211. The summed E-state index contributed by atoms with van der Waals surface area (Å²) in [5, 5.41) is 0. The fourth-order valence-electron chi connectivity index (χ4n) is 0.974. The van der Waals surface area contributed by atoms with Crippen molar-refractivity contribution in [1.82, 2.24) is 0 Å². The summed E-state index contributed by atoms with van der Waals surface area (Å²) in [5.41, 5.74) is 4.73. The number of halogens is 1. The van der Waals surface area contributed by atoms with Gasteiger partial charge in [-0.2, -0.15) is 0 Å². The number of rotatable bonds is 3. The largest absolute Gasteiger partial charge is 0.410 e. The summed E-state index contributed by atoms with van der Waals surface area (Å²) >= 11 is -2.16. The van der Waals surface area contributed by atoms with E-state index in [9.17, 15) is 13.4 Å². The third kappa shape index (κ3) is 3.64. The molecule has 0 radical (unpaired) electrons. The average Bonchev–Trinajstić information content (AvgIpc) is 2.09. The van der Waals surface area contributed by atoms with Gasteiger partial charge >= 0.3 is 6.09 Å². The Balaban J connectivity index is 2.94. The summed E-state index contributed by atoms with van der Waals surface area (Å²) in [5.74, 6) is -0.986. The molecule has 0 aromatic heterocycles. The van der Waals surface area contributed by atoms with Gasteiger partial charge in [0.1, 0.15) is 11.6 Å². The molecule has 0 saturated carbocycles. The summed E-state index contributed by atoms with van der Waals surface area (Å²) in [6, 6.07) is 3.37. The van der Waals surface area contributed by atoms with E-state index in [-0.39, 0.29) is 17.1 Å². The molecule has 1 amide bonds. The van der Waals surface area contributed by atoms with Crippen LogP contribution in [0.2, 0.25) is 0 Å². The van der Waals surface area contributed by atoms with Crippen LogP contribution in [0.4, 0.5) is 9.18 Å². The van der Waals surface area contributed by atoms with Gasteiger partial charge in [0, 0.05) is 5.56 Å². The molecule has 1 unspecified atom stereocenters. The monoisotopic (exact) mass is 233 g/mol. The smallest absolute Gasteiger partial charge is 0.409 e. The normalized spacial score (nSPS) is 12.1. The lowest BCUT2D eigenvalue weighted by atomic mass is 10.2. The zero-order valence-corrected chi connectivity index (χ0v) is 8.29. The van der Waals surface area contributed by atoms with Gasteiger partial charge in [0.05, 0.1) is 5.75 Å². The summed E-state index contributed by atoms with van der Waals surface area (Å²) in [7, 11) is 0. The highest BCUT2D eigenvalue weighted by atomic mass is 32.2. The molecule has 0 heterocycles. The van der Waals surface area contributed by atoms with Crippen LogP contribution in [0.15, 0.2) is 18.2 Å². The Morgan fingerprint density at radius 2 is 2.27 bits per heavy atom. The molecule has 7 heteroatoms. The number of carbonyl (C=O) groups is 1. The van der Waals surface area contributed by atoms with Gasteiger partial charge in [-0.05, 0) is 18.2 Å². The third-order valence-electron chi connectivity index (χ3n) is 1.51. The van der Waals surface area contributed by atoms with Crippen LogP contribution in [0, 0.1) is 5.82 Å². The van der Waals surface area contributed by atoms with Crippen LogP contribution in [0.3, 0.4) is 0 Å². The minimum absolute atomic E-state index is 0.0189. The topological polar surface area (TPSA) is 89.6 Å². The Hall–Kier alpha value is -1.47. The maximum atomic E-state index is 13.1. The molecular formula is C8H8FNO4S. The molecule has 3 N–H and O–H groups in total. The molecule has 0 aliphatic heterocycles. The van der Waals surface area contributed by atoms with E-state index in [0.29, 0.717) is 0 Å². The van der Waals surface area contributed by atoms with Crippen molar-refractivity contribution < 1.29 is 22.7 Å². The molecule has 0 aliphatic rings. The molecular weight excluding hydrogens is 225 g/mol. The standard InChI is InChI=1S/C8H8FNO4S/c9-7-2-1-6(14-8(10)11)3-5(7)4-15(12)13/h1-3H,4H2,(H2,10,11)(H,12,13). The van der Waals surface area contributed by atoms with Crippen molar-refractivity contribution in [3.05, 3.63) is 29.6 Å². The Labute approximate surface area is 87.3 Å². The van der Waals surface area contributed by atoms with Crippen molar-refractivity contribution in [2.24, 2.45) is 5.73 Å². The van der Waals surface area contributed by atoms with E-state index < -0.39 is 23.0 Å². The zero-order valence-electron chi connectivity index (χ0n) is 7.47. The first-order valence-electron chi connectivity index (χ1n) is 3.82. The van der Waals surface area contributed by atoms with Gasteiger partial charge in [-0.15, -0.1) is 0 Å². The highest BCUT2D eigenvalue weighted by Crippen LogP contribution is 2.18. The van der Waals surface area contributed by atoms with E-state index in [4.69, 9.17) is 10.3 Å². The second kappa shape index (κ2) is 4.85. The maximum absolute atomic E-state index is 13.1. The first kappa shape index (κ1) is 11.6. The van der Waals surface area contributed by atoms with Crippen LogP contribution in [0.1, 0.15) is 5.56 Å². The maximum Gasteiger partial charge on any atom is 0.409 e. The van der Waals surface area contributed by atoms with Crippen molar-refractivity contribution in [2.45, 2.75) is 5.75 Å². The van der Waals surface area contributed by atoms with Gasteiger partial charge < -0.3 is 15.0 Å². The molecule has 5 nitrogen and oxygen atoms in total. The average molecular weight is 233 g/mol. The first-order valence-corrected chi connectivity index (χ1v) is 5.10. The van der Waals surface area contributed by atoms with Crippen molar-refractivity contribution in [3.8, 4) is 5.75 Å².